The van der Waals surface area contributed by atoms with Crippen LogP contribution in [0, 0.1) is 0 Å². The molecule has 0 spiro atoms. The van der Waals surface area contributed by atoms with Crippen LogP contribution in [-0.4, -0.2) is 25.7 Å². The van der Waals surface area contributed by atoms with Crippen LogP contribution in [0.2, 0.25) is 0 Å². The van der Waals surface area contributed by atoms with Crippen molar-refractivity contribution in [2.24, 2.45) is 0 Å². The van der Waals surface area contributed by atoms with Crippen LogP contribution in [0.15, 0.2) is 48.7 Å². The van der Waals surface area contributed by atoms with Crippen LogP contribution in [0.1, 0.15) is 18.5 Å². The van der Waals surface area contributed by atoms with Gasteiger partial charge in [-0.2, -0.15) is 0 Å². The summed E-state index contributed by atoms with van der Waals surface area (Å²) in [4.78, 5) is 16.0. The van der Waals surface area contributed by atoms with Crippen molar-refractivity contribution in [1.82, 2.24) is 10.3 Å². The number of sulfonamides is 1. The summed E-state index contributed by atoms with van der Waals surface area (Å²) < 4.78 is 25.3. The van der Waals surface area contributed by atoms with Crippen LogP contribution in [0.5, 0.6) is 0 Å². The van der Waals surface area contributed by atoms with Crippen molar-refractivity contribution in [3.8, 4) is 0 Å². The maximum atomic E-state index is 12.0. The van der Waals surface area contributed by atoms with Crippen LogP contribution in [0.25, 0.3) is 0 Å². The lowest BCUT2D eigenvalue weighted by Crippen LogP contribution is -2.32. The molecule has 0 saturated carbocycles. The molecule has 3 N–H and O–H groups in total. The quantitative estimate of drug-likeness (QED) is 0.781. The van der Waals surface area contributed by atoms with Gasteiger partial charge in [0.15, 0.2) is 0 Å². The molecule has 2 aromatic rings. The Labute approximate surface area is 135 Å². The topological polar surface area (TPSA) is 100 Å². The minimum absolute atomic E-state index is 0.399. The zero-order valence-corrected chi connectivity index (χ0v) is 13.6. The van der Waals surface area contributed by atoms with Crippen LogP contribution >= 0.6 is 0 Å². The number of benzene rings is 1. The average molecular weight is 334 g/mol. The van der Waals surface area contributed by atoms with Gasteiger partial charge < -0.3 is 5.32 Å². The number of nitrogens with one attached hydrogen (secondary N) is 3. The van der Waals surface area contributed by atoms with E-state index in [2.05, 4.69) is 20.3 Å². The zero-order chi connectivity index (χ0) is 16.9. The molecule has 0 unspecified atom stereocenters. The van der Waals surface area contributed by atoms with Crippen molar-refractivity contribution in [1.29, 1.82) is 0 Å². The monoisotopic (exact) mass is 334 g/mol. The van der Waals surface area contributed by atoms with E-state index in [-0.39, 0.29) is 0 Å². The van der Waals surface area contributed by atoms with E-state index in [4.69, 9.17) is 0 Å². The first-order chi connectivity index (χ1) is 10.8. The Morgan fingerprint density at radius 1 is 1.13 bits per heavy atom. The van der Waals surface area contributed by atoms with Crippen LogP contribution in [0.3, 0.4) is 0 Å². The normalized spacial score (nSPS) is 12.3. The fraction of sp³-hybridized carbons (Fsp3) is 0.200. The molecular weight excluding hydrogens is 316 g/mol. The number of para-hydroxylation sites is 1. The Bertz CT molecular complexity index is 778. The van der Waals surface area contributed by atoms with Crippen molar-refractivity contribution in [3.63, 3.8) is 0 Å². The summed E-state index contributed by atoms with van der Waals surface area (Å²) >= 11 is 0. The number of carbonyl (C=O) groups is 1. The fourth-order valence-corrected chi connectivity index (χ4v) is 2.62. The summed E-state index contributed by atoms with van der Waals surface area (Å²) in [6, 6.07) is 11.2. The molecule has 7 nitrogen and oxygen atoms in total. The second kappa shape index (κ2) is 7.10. The number of rotatable bonds is 5. The van der Waals surface area contributed by atoms with Gasteiger partial charge in [-0.05, 0) is 30.7 Å². The van der Waals surface area contributed by atoms with E-state index >= 15 is 0 Å². The highest BCUT2D eigenvalue weighted by molar-refractivity contribution is 7.92. The first-order valence-electron chi connectivity index (χ1n) is 6.90. The standard InChI is InChI=1S/C15H18N4O3S/c1-11(17-15(20)18-14-9-5-6-10-16-14)12-7-3-4-8-13(12)19-23(2,21)22/h3-11,19H,1-2H3,(H2,16,17,18,20)/t11-/m1/s1. The Kier molecular flexibility index (Phi) is 5.17. The summed E-state index contributed by atoms with van der Waals surface area (Å²) in [6.07, 6.45) is 2.65. The third kappa shape index (κ3) is 5.26. The second-order valence-corrected chi connectivity index (χ2v) is 6.75. The summed E-state index contributed by atoms with van der Waals surface area (Å²) in [5.41, 5.74) is 1.09. The van der Waals surface area contributed by atoms with Crippen LogP contribution < -0.4 is 15.4 Å². The van der Waals surface area contributed by atoms with Gasteiger partial charge in [0, 0.05) is 6.20 Å². The SMILES string of the molecule is C[C@@H](NC(=O)Nc1ccccn1)c1ccccc1NS(C)(=O)=O. The smallest absolute Gasteiger partial charge is 0.320 e. The van der Waals surface area contributed by atoms with Crippen LogP contribution in [0.4, 0.5) is 16.3 Å². The molecule has 0 bridgehead atoms. The summed E-state index contributed by atoms with van der Waals surface area (Å²) in [7, 11) is -3.40. The van der Waals surface area contributed by atoms with E-state index < -0.39 is 22.1 Å². The van der Waals surface area contributed by atoms with Crippen molar-refractivity contribution < 1.29 is 13.2 Å². The molecule has 1 aromatic heterocycles. The number of hydrogen-bond donors (Lipinski definition) is 3. The van der Waals surface area contributed by atoms with E-state index in [1.165, 1.54) is 0 Å². The zero-order valence-electron chi connectivity index (χ0n) is 12.8. The third-order valence-electron chi connectivity index (χ3n) is 2.98. The highest BCUT2D eigenvalue weighted by atomic mass is 32.2. The van der Waals surface area contributed by atoms with Crippen LogP contribution in [-0.2, 0) is 10.0 Å². The van der Waals surface area contributed by atoms with E-state index in [0.717, 1.165) is 6.26 Å². The minimum atomic E-state index is -3.40. The maximum absolute atomic E-state index is 12.0. The number of anilines is 2. The Balaban J connectivity index is 2.08. The second-order valence-electron chi connectivity index (χ2n) is 5.00. The molecule has 23 heavy (non-hydrogen) atoms. The van der Waals surface area contributed by atoms with Gasteiger partial charge in [0.25, 0.3) is 0 Å². The number of aromatic nitrogens is 1. The largest absolute Gasteiger partial charge is 0.331 e. The molecule has 2 rings (SSSR count). The van der Waals surface area contributed by atoms with Crippen molar-refractivity contribution in [2.45, 2.75) is 13.0 Å². The van der Waals surface area contributed by atoms with E-state index in [1.807, 2.05) is 0 Å². The Morgan fingerprint density at radius 3 is 2.48 bits per heavy atom. The van der Waals surface area contributed by atoms with Gasteiger partial charge in [0.2, 0.25) is 10.0 Å². The number of pyridine rings is 1. The summed E-state index contributed by atoms with van der Waals surface area (Å²) in [5, 5.41) is 5.36. The molecule has 2 amide bonds. The summed E-state index contributed by atoms with van der Waals surface area (Å²) in [6.45, 7) is 1.76. The minimum Gasteiger partial charge on any atom is -0.331 e. The predicted molar refractivity (Wildman–Crippen MR) is 89.7 cm³/mol. The molecule has 0 aliphatic carbocycles. The first kappa shape index (κ1) is 16.8. The molecule has 1 heterocycles. The average Bonchev–Trinajstić information content (AvgIpc) is 2.47. The number of carbonyl (C=O) groups excluding carboxylic acids is 1. The van der Waals surface area contributed by atoms with Crippen molar-refractivity contribution in [3.05, 3.63) is 54.2 Å². The van der Waals surface area contributed by atoms with Gasteiger partial charge in [-0.15, -0.1) is 0 Å². The molecule has 0 aliphatic heterocycles. The molecule has 0 saturated heterocycles. The number of hydrogen-bond acceptors (Lipinski definition) is 4. The van der Waals surface area contributed by atoms with Crippen molar-refractivity contribution in [2.75, 3.05) is 16.3 Å². The molecule has 0 fully saturated rings. The molecule has 0 aliphatic rings. The molecule has 8 heteroatoms. The van der Waals surface area contributed by atoms with E-state index in [0.29, 0.717) is 17.1 Å². The molecular formula is C15H18N4O3S. The fourth-order valence-electron chi connectivity index (χ4n) is 2.03. The molecule has 1 aromatic carbocycles. The molecule has 1 atom stereocenters. The lowest BCUT2D eigenvalue weighted by atomic mass is 10.1. The number of amides is 2. The number of nitrogens with zero attached hydrogens (tertiary/aromatic N) is 1. The van der Waals surface area contributed by atoms with Gasteiger partial charge in [-0.3, -0.25) is 10.0 Å². The highest BCUT2D eigenvalue weighted by Crippen LogP contribution is 2.23. The van der Waals surface area contributed by atoms with E-state index in [1.54, 1.807) is 55.6 Å². The molecule has 0 radical (unpaired) electrons. The van der Waals surface area contributed by atoms with Gasteiger partial charge in [0.1, 0.15) is 5.82 Å². The third-order valence-corrected chi connectivity index (χ3v) is 3.57. The van der Waals surface area contributed by atoms with Gasteiger partial charge in [-0.1, -0.05) is 24.3 Å². The molecule has 122 valence electrons. The Morgan fingerprint density at radius 2 is 1.83 bits per heavy atom. The predicted octanol–water partition coefficient (Wildman–Crippen LogP) is 2.34. The lowest BCUT2D eigenvalue weighted by molar-refractivity contribution is 0.249. The number of urea groups is 1. The first-order valence-corrected chi connectivity index (χ1v) is 8.79. The van der Waals surface area contributed by atoms with Gasteiger partial charge in [0.05, 0.1) is 18.0 Å². The lowest BCUT2D eigenvalue weighted by Gasteiger charge is -2.18. The van der Waals surface area contributed by atoms with Gasteiger partial charge in [-0.25, -0.2) is 18.2 Å². The highest BCUT2D eigenvalue weighted by Gasteiger charge is 2.15. The van der Waals surface area contributed by atoms with Gasteiger partial charge >= 0.3 is 6.03 Å². The summed E-state index contributed by atoms with van der Waals surface area (Å²) in [5.74, 6) is 0.430. The maximum Gasteiger partial charge on any atom is 0.320 e. The van der Waals surface area contributed by atoms with Crippen molar-refractivity contribution >= 4 is 27.6 Å². The Hall–Kier alpha value is -2.61. The van der Waals surface area contributed by atoms with E-state index in [9.17, 15) is 13.2 Å².